The highest BCUT2D eigenvalue weighted by atomic mass is 32.1. The van der Waals surface area contributed by atoms with Crippen LogP contribution in [0.1, 0.15) is 28.5 Å². The van der Waals surface area contributed by atoms with Crippen molar-refractivity contribution in [1.29, 1.82) is 0 Å². The van der Waals surface area contributed by atoms with Crippen LogP contribution in [0.15, 0.2) is 109 Å². The Labute approximate surface area is 190 Å². The van der Waals surface area contributed by atoms with Gasteiger partial charge in [-0.2, -0.15) is 5.10 Å². The van der Waals surface area contributed by atoms with Crippen LogP contribution in [0.2, 0.25) is 0 Å². The molecule has 156 valence electrons. The van der Waals surface area contributed by atoms with E-state index in [-0.39, 0.29) is 6.23 Å². The number of hydrogen-bond donors (Lipinski definition) is 2. The molecule has 0 saturated heterocycles. The Kier molecular flexibility index (Phi) is 4.63. The molecular weight excluding hydrogens is 414 g/mol. The Morgan fingerprint density at radius 1 is 0.781 bits per heavy atom. The Morgan fingerprint density at radius 3 is 2.16 bits per heavy atom. The molecule has 0 fully saturated rings. The van der Waals surface area contributed by atoms with Gasteiger partial charge < -0.3 is 10.1 Å². The van der Waals surface area contributed by atoms with Gasteiger partial charge in [0.2, 0.25) is 0 Å². The van der Waals surface area contributed by atoms with E-state index in [2.05, 4.69) is 99.8 Å². The fourth-order valence-electron chi connectivity index (χ4n) is 4.54. The van der Waals surface area contributed by atoms with Gasteiger partial charge in [0.05, 0.1) is 16.8 Å². The molecule has 3 aromatic carbocycles. The van der Waals surface area contributed by atoms with Gasteiger partial charge in [-0.3, -0.25) is 5.10 Å². The number of ether oxygens (including phenoxy) is 1. The summed E-state index contributed by atoms with van der Waals surface area (Å²) in [6.45, 7) is 0. The lowest BCUT2D eigenvalue weighted by Gasteiger charge is -2.44. The summed E-state index contributed by atoms with van der Waals surface area (Å²) in [5.41, 5.74) is 5.52. The quantitative estimate of drug-likeness (QED) is 0.336. The van der Waals surface area contributed by atoms with Crippen LogP contribution in [-0.2, 0) is 10.3 Å². The molecule has 0 radical (unpaired) electrons. The van der Waals surface area contributed by atoms with Gasteiger partial charge in [0.1, 0.15) is 5.60 Å². The van der Waals surface area contributed by atoms with E-state index in [9.17, 15) is 0 Å². The van der Waals surface area contributed by atoms with Gasteiger partial charge in [-0.05, 0) is 28.6 Å². The maximum atomic E-state index is 7.09. The lowest BCUT2D eigenvalue weighted by molar-refractivity contribution is -0.0429. The second-order valence-electron chi connectivity index (χ2n) is 7.78. The highest BCUT2D eigenvalue weighted by Crippen LogP contribution is 2.50. The van der Waals surface area contributed by atoms with Crippen LogP contribution in [0.5, 0.6) is 0 Å². The first-order valence-corrected chi connectivity index (χ1v) is 11.5. The van der Waals surface area contributed by atoms with E-state index in [0.29, 0.717) is 0 Å². The minimum Gasteiger partial charge on any atom is -0.356 e. The summed E-state index contributed by atoms with van der Waals surface area (Å²) >= 11 is 1.68. The van der Waals surface area contributed by atoms with Crippen molar-refractivity contribution in [3.8, 4) is 10.6 Å². The summed E-state index contributed by atoms with van der Waals surface area (Å²) in [6, 6.07) is 33.5. The zero-order valence-corrected chi connectivity index (χ0v) is 18.0. The van der Waals surface area contributed by atoms with Crippen LogP contribution in [0.25, 0.3) is 10.6 Å². The Balaban J connectivity index is 1.59. The number of H-pyrrole nitrogens is 1. The molecule has 0 bridgehead atoms. The summed E-state index contributed by atoms with van der Waals surface area (Å²) in [5.74, 6) is 0. The second-order valence-corrected chi connectivity index (χ2v) is 8.73. The van der Waals surface area contributed by atoms with E-state index < -0.39 is 5.60 Å². The average molecular weight is 436 g/mol. The highest BCUT2D eigenvalue weighted by molar-refractivity contribution is 7.13. The molecule has 0 saturated carbocycles. The van der Waals surface area contributed by atoms with E-state index in [0.717, 1.165) is 38.5 Å². The molecule has 4 nitrogen and oxygen atoms in total. The third kappa shape index (κ3) is 2.98. The van der Waals surface area contributed by atoms with Crippen LogP contribution in [0, 0.1) is 0 Å². The molecule has 6 rings (SSSR count). The number of nitrogens with one attached hydrogen (secondary N) is 2. The molecule has 1 atom stereocenters. The number of hydrogen-bond acceptors (Lipinski definition) is 4. The molecule has 32 heavy (non-hydrogen) atoms. The Hall–Kier alpha value is -3.67. The minimum atomic E-state index is -0.765. The van der Waals surface area contributed by atoms with E-state index in [1.54, 1.807) is 11.3 Å². The Morgan fingerprint density at radius 2 is 1.47 bits per heavy atom. The normalized spacial score (nSPS) is 16.8. The zero-order valence-electron chi connectivity index (χ0n) is 17.2. The van der Waals surface area contributed by atoms with Gasteiger partial charge >= 0.3 is 0 Å². The van der Waals surface area contributed by atoms with E-state index in [1.807, 2.05) is 24.4 Å². The first-order valence-electron chi connectivity index (χ1n) is 10.6. The molecule has 1 aliphatic rings. The predicted molar refractivity (Wildman–Crippen MR) is 129 cm³/mol. The van der Waals surface area contributed by atoms with Crippen LogP contribution in [-0.4, -0.2) is 10.2 Å². The van der Waals surface area contributed by atoms with Crippen LogP contribution in [0.4, 0.5) is 5.69 Å². The summed E-state index contributed by atoms with van der Waals surface area (Å²) in [4.78, 5) is 1.13. The molecule has 2 aromatic heterocycles. The molecule has 0 unspecified atom stereocenters. The van der Waals surface area contributed by atoms with Gasteiger partial charge in [0.25, 0.3) is 0 Å². The summed E-state index contributed by atoms with van der Waals surface area (Å²) in [5, 5.41) is 13.2. The van der Waals surface area contributed by atoms with Gasteiger partial charge in [0, 0.05) is 16.8 Å². The fourth-order valence-corrected chi connectivity index (χ4v) is 5.28. The average Bonchev–Trinajstić information content (AvgIpc) is 3.56. The number of rotatable bonds is 4. The molecule has 1 aliphatic heterocycles. The highest BCUT2D eigenvalue weighted by Gasteiger charge is 2.45. The third-order valence-corrected chi connectivity index (χ3v) is 6.85. The van der Waals surface area contributed by atoms with Gasteiger partial charge in [0.15, 0.2) is 6.23 Å². The maximum Gasteiger partial charge on any atom is 0.159 e. The van der Waals surface area contributed by atoms with Crippen molar-refractivity contribution in [1.82, 2.24) is 10.2 Å². The van der Waals surface area contributed by atoms with E-state index in [1.165, 1.54) is 0 Å². The third-order valence-electron chi connectivity index (χ3n) is 5.97. The number of anilines is 1. The van der Waals surface area contributed by atoms with Gasteiger partial charge in [-0.25, -0.2) is 0 Å². The predicted octanol–water partition coefficient (Wildman–Crippen LogP) is 6.57. The molecule has 2 N–H and O–H groups in total. The largest absolute Gasteiger partial charge is 0.356 e. The minimum absolute atomic E-state index is 0.388. The lowest BCUT2D eigenvalue weighted by atomic mass is 9.78. The molecule has 3 heterocycles. The van der Waals surface area contributed by atoms with Crippen molar-refractivity contribution in [2.24, 2.45) is 0 Å². The SMILES string of the molecule is c1ccc(C2(c3ccccc3)O[C@H](c3cn[nH]c3-c3cccs3)Nc3ccccc32)cc1. The molecule has 0 amide bonds. The number of aromatic nitrogens is 2. The monoisotopic (exact) mass is 435 g/mol. The lowest BCUT2D eigenvalue weighted by Crippen LogP contribution is -2.40. The molecular formula is C27H21N3OS. The smallest absolute Gasteiger partial charge is 0.159 e. The topological polar surface area (TPSA) is 49.9 Å². The van der Waals surface area contributed by atoms with E-state index in [4.69, 9.17) is 4.74 Å². The number of para-hydroxylation sites is 1. The van der Waals surface area contributed by atoms with Gasteiger partial charge in [-0.1, -0.05) is 84.9 Å². The molecule has 5 aromatic rings. The van der Waals surface area contributed by atoms with Crippen molar-refractivity contribution in [3.05, 3.63) is 131 Å². The fraction of sp³-hybridized carbons (Fsp3) is 0.0741. The number of fused-ring (bicyclic) bond motifs is 1. The summed E-state index contributed by atoms with van der Waals surface area (Å²) < 4.78 is 7.09. The number of aromatic amines is 1. The Bertz CT molecular complexity index is 1290. The van der Waals surface area contributed by atoms with Crippen molar-refractivity contribution in [3.63, 3.8) is 0 Å². The molecule has 5 heteroatoms. The van der Waals surface area contributed by atoms with Crippen molar-refractivity contribution in [2.45, 2.75) is 11.8 Å². The van der Waals surface area contributed by atoms with Gasteiger partial charge in [-0.15, -0.1) is 11.3 Å². The first-order chi connectivity index (χ1) is 15.9. The van der Waals surface area contributed by atoms with Crippen LogP contribution < -0.4 is 5.32 Å². The number of nitrogens with zero attached hydrogens (tertiary/aromatic N) is 1. The van der Waals surface area contributed by atoms with Crippen LogP contribution in [0.3, 0.4) is 0 Å². The first kappa shape index (κ1) is 19.0. The maximum absolute atomic E-state index is 7.09. The number of benzene rings is 3. The molecule has 0 spiro atoms. The summed E-state index contributed by atoms with van der Waals surface area (Å²) in [6.07, 6.45) is 1.47. The molecule has 0 aliphatic carbocycles. The summed E-state index contributed by atoms with van der Waals surface area (Å²) in [7, 11) is 0. The van der Waals surface area contributed by atoms with E-state index >= 15 is 0 Å². The van der Waals surface area contributed by atoms with Crippen molar-refractivity contribution in [2.75, 3.05) is 5.32 Å². The zero-order chi connectivity index (χ0) is 21.4. The standard InChI is InChI=1S/C27H21N3OS/c1-3-10-19(11-4-1)27(20-12-5-2-6-13-20)22-14-7-8-15-23(22)29-26(31-27)21-18-28-30-25(21)24-16-9-17-32-24/h1-18,26,29H,(H,28,30)/t26-/m1/s1. The second kappa shape index (κ2) is 7.79. The van der Waals surface area contributed by atoms with Crippen LogP contribution >= 0.6 is 11.3 Å². The number of thiophene rings is 1. The van der Waals surface area contributed by atoms with Crippen molar-refractivity contribution >= 4 is 17.0 Å². The van der Waals surface area contributed by atoms with Crippen molar-refractivity contribution < 1.29 is 4.74 Å².